The van der Waals surface area contributed by atoms with Crippen molar-refractivity contribution in [1.82, 2.24) is 19.3 Å². The normalized spacial score (nSPS) is 15.3. The highest BCUT2D eigenvalue weighted by atomic mass is 16.1. The molecular formula is C22H27N5O2. The van der Waals surface area contributed by atoms with Crippen molar-refractivity contribution in [3.8, 4) is 0 Å². The third-order valence-electron chi connectivity index (χ3n) is 5.68. The molecule has 4 rings (SSSR count). The predicted octanol–water partition coefficient (Wildman–Crippen LogP) is 3.08. The number of carbonyl (C=O) groups excluding carboxylic acids is 1. The Labute approximate surface area is 168 Å². The van der Waals surface area contributed by atoms with Crippen LogP contribution in [0.25, 0.3) is 16.7 Å². The van der Waals surface area contributed by atoms with Gasteiger partial charge >= 0.3 is 0 Å². The molecule has 0 saturated heterocycles. The summed E-state index contributed by atoms with van der Waals surface area (Å²) in [6.45, 7) is 5.68. The Morgan fingerprint density at radius 1 is 1.24 bits per heavy atom. The molecule has 0 aromatic carbocycles. The first-order valence-corrected chi connectivity index (χ1v) is 10.3. The van der Waals surface area contributed by atoms with Crippen LogP contribution in [0.4, 0.5) is 0 Å². The molecule has 0 aliphatic heterocycles. The number of aryl methyl sites for hydroxylation is 1. The molecule has 1 fully saturated rings. The van der Waals surface area contributed by atoms with Crippen molar-refractivity contribution in [2.24, 2.45) is 0 Å². The summed E-state index contributed by atoms with van der Waals surface area (Å²) in [7, 11) is 0. The topological polar surface area (TPSA) is 92.3 Å². The molecule has 3 aromatic heterocycles. The summed E-state index contributed by atoms with van der Waals surface area (Å²) < 4.78 is 3.36. The Balaban J connectivity index is 2.09. The molecule has 0 radical (unpaired) electrons. The number of carbonyl (C=O) groups is 1. The fourth-order valence-corrected chi connectivity index (χ4v) is 4.27. The maximum Gasteiger partial charge on any atom is 0.267 e. The minimum absolute atomic E-state index is 0.0563. The van der Waals surface area contributed by atoms with E-state index in [0.717, 1.165) is 31.2 Å². The van der Waals surface area contributed by atoms with Crippen molar-refractivity contribution in [2.75, 3.05) is 0 Å². The van der Waals surface area contributed by atoms with Crippen LogP contribution in [0.2, 0.25) is 0 Å². The molecule has 7 heteroatoms. The van der Waals surface area contributed by atoms with Gasteiger partial charge in [0.15, 0.2) is 0 Å². The second kappa shape index (κ2) is 7.46. The van der Waals surface area contributed by atoms with Gasteiger partial charge in [0, 0.05) is 18.3 Å². The van der Waals surface area contributed by atoms with Crippen molar-refractivity contribution in [2.45, 2.75) is 65.0 Å². The molecule has 152 valence electrons. The van der Waals surface area contributed by atoms with Gasteiger partial charge in [0.25, 0.3) is 11.5 Å². The number of fused-ring (bicyclic) bond motifs is 2. The lowest BCUT2D eigenvalue weighted by molar-refractivity contribution is 0.0940. The summed E-state index contributed by atoms with van der Waals surface area (Å²) >= 11 is 0. The molecule has 2 N–H and O–H groups in total. The Hall–Kier alpha value is -2.96. The van der Waals surface area contributed by atoms with Crippen LogP contribution in [0, 0.1) is 12.3 Å². The molecule has 1 aliphatic carbocycles. The predicted molar refractivity (Wildman–Crippen MR) is 112 cm³/mol. The van der Waals surface area contributed by atoms with Gasteiger partial charge in [-0.15, -0.1) is 0 Å². The van der Waals surface area contributed by atoms with Crippen LogP contribution in [0.1, 0.15) is 67.9 Å². The van der Waals surface area contributed by atoms with Crippen molar-refractivity contribution in [3.63, 3.8) is 0 Å². The number of rotatable bonds is 3. The number of hydrogen-bond donors (Lipinski definition) is 2. The molecule has 0 bridgehead atoms. The highest BCUT2D eigenvalue weighted by Crippen LogP contribution is 2.29. The Bertz CT molecular complexity index is 1220. The van der Waals surface area contributed by atoms with E-state index in [9.17, 15) is 9.59 Å². The van der Waals surface area contributed by atoms with E-state index in [1.807, 2.05) is 37.5 Å². The Morgan fingerprint density at radius 2 is 1.97 bits per heavy atom. The standard InChI is InChI=1S/C22H27N5O2/c1-13(2)24-21(28)16-12-17-20(27(18(16)23)15-9-5-4-6-10-15)25-19-14(3)8-7-11-26(19)22(17)29/h7-8,11-13,15,23H,4-6,9-10H2,1-3H3,(H,24,28). The zero-order valence-electron chi connectivity index (χ0n) is 17.2. The molecule has 3 heterocycles. The molecule has 7 nitrogen and oxygen atoms in total. The molecule has 1 amide bonds. The smallest absolute Gasteiger partial charge is 0.267 e. The summed E-state index contributed by atoms with van der Waals surface area (Å²) in [5.74, 6) is -0.329. The lowest BCUT2D eigenvalue weighted by Gasteiger charge is -2.26. The van der Waals surface area contributed by atoms with Crippen LogP contribution < -0.4 is 16.4 Å². The van der Waals surface area contributed by atoms with Crippen molar-refractivity contribution in [3.05, 3.63) is 51.4 Å². The fraction of sp³-hybridized carbons (Fsp3) is 0.455. The van der Waals surface area contributed by atoms with E-state index < -0.39 is 0 Å². The largest absolute Gasteiger partial charge is 0.350 e. The maximum atomic E-state index is 13.3. The maximum absolute atomic E-state index is 13.3. The first kappa shape index (κ1) is 19.4. The van der Waals surface area contributed by atoms with E-state index >= 15 is 0 Å². The minimum Gasteiger partial charge on any atom is -0.350 e. The fourth-order valence-electron chi connectivity index (χ4n) is 4.27. The van der Waals surface area contributed by atoms with E-state index in [0.29, 0.717) is 16.7 Å². The Morgan fingerprint density at radius 3 is 2.66 bits per heavy atom. The SMILES string of the molecule is Cc1cccn2c(=O)c3cc(C(=O)NC(C)C)c(=N)n(C4CCCCC4)c3nc12. The zero-order chi connectivity index (χ0) is 20.7. The van der Waals surface area contributed by atoms with E-state index in [4.69, 9.17) is 10.4 Å². The average molecular weight is 393 g/mol. The summed E-state index contributed by atoms with van der Waals surface area (Å²) in [5.41, 5.74) is 2.14. The highest BCUT2D eigenvalue weighted by molar-refractivity contribution is 5.97. The Kier molecular flexibility index (Phi) is 4.98. The third-order valence-corrected chi connectivity index (χ3v) is 5.68. The highest BCUT2D eigenvalue weighted by Gasteiger charge is 2.24. The van der Waals surface area contributed by atoms with Gasteiger partial charge in [-0.3, -0.25) is 19.4 Å². The van der Waals surface area contributed by atoms with Gasteiger partial charge in [-0.05, 0) is 51.3 Å². The van der Waals surface area contributed by atoms with Crippen LogP contribution in [0.3, 0.4) is 0 Å². The van der Waals surface area contributed by atoms with Gasteiger partial charge < -0.3 is 9.88 Å². The van der Waals surface area contributed by atoms with Crippen LogP contribution in [-0.2, 0) is 0 Å². The van der Waals surface area contributed by atoms with Crippen molar-refractivity contribution < 1.29 is 4.79 Å². The summed E-state index contributed by atoms with van der Waals surface area (Å²) in [4.78, 5) is 30.9. The van der Waals surface area contributed by atoms with Gasteiger partial charge in [-0.1, -0.05) is 25.3 Å². The number of nitrogens with one attached hydrogen (secondary N) is 2. The number of nitrogens with zero attached hydrogens (tertiary/aromatic N) is 3. The molecular weight excluding hydrogens is 366 g/mol. The van der Waals surface area contributed by atoms with Crippen LogP contribution in [0.5, 0.6) is 0 Å². The summed E-state index contributed by atoms with van der Waals surface area (Å²) in [6.07, 6.45) is 6.88. The van der Waals surface area contributed by atoms with Crippen LogP contribution in [-0.4, -0.2) is 25.9 Å². The lowest BCUT2D eigenvalue weighted by atomic mass is 9.94. The average Bonchev–Trinajstić information content (AvgIpc) is 2.69. The number of amides is 1. The van der Waals surface area contributed by atoms with E-state index in [2.05, 4.69) is 5.32 Å². The van der Waals surface area contributed by atoms with E-state index in [1.54, 1.807) is 12.3 Å². The first-order valence-electron chi connectivity index (χ1n) is 10.3. The zero-order valence-corrected chi connectivity index (χ0v) is 17.2. The van der Waals surface area contributed by atoms with Crippen LogP contribution >= 0.6 is 0 Å². The molecule has 29 heavy (non-hydrogen) atoms. The number of hydrogen-bond acceptors (Lipinski definition) is 4. The second-order valence-corrected chi connectivity index (χ2v) is 8.24. The van der Waals surface area contributed by atoms with Crippen molar-refractivity contribution in [1.29, 1.82) is 5.41 Å². The van der Waals surface area contributed by atoms with Crippen LogP contribution in [0.15, 0.2) is 29.2 Å². The summed E-state index contributed by atoms with van der Waals surface area (Å²) in [6, 6.07) is 5.30. The summed E-state index contributed by atoms with van der Waals surface area (Å²) in [5, 5.41) is 12.1. The number of aromatic nitrogens is 3. The second-order valence-electron chi connectivity index (χ2n) is 8.24. The molecule has 0 atom stereocenters. The number of pyridine rings is 2. The van der Waals surface area contributed by atoms with Crippen molar-refractivity contribution >= 4 is 22.6 Å². The molecule has 0 spiro atoms. The quantitative estimate of drug-likeness (QED) is 0.670. The van der Waals surface area contributed by atoms with E-state index in [-0.39, 0.29) is 34.6 Å². The monoisotopic (exact) mass is 393 g/mol. The van der Waals surface area contributed by atoms with Gasteiger partial charge in [-0.2, -0.15) is 0 Å². The molecule has 1 aliphatic rings. The van der Waals surface area contributed by atoms with Gasteiger partial charge in [0.1, 0.15) is 16.8 Å². The van der Waals surface area contributed by atoms with Gasteiger partial charge in [0.2, 0.25) is 0 Å². The molecule has 1 saturated carbocycles. The lowest BCUT2D eigenvalue weighted by Crippen LogP contribution is -2.39. The van der Waals surface area contributed by atoms with Gasteiger partial charge in [-0.25, -0.2) is 4.98 Å². The molecule has 3 aromatic rings. The minimum atomic E-state index is -0.329. The van der Waals surface area contributed by atoms with E-state index in [1.165, 1.54) is 10.8 Å². The third kappa shape index (κ3) is 3.34. The first-order chi connectivity index (χ1) is 13.9. The van der Waals surface area contributed by atoms with Gasteiger partial charge in [0.05, 0.1) is 10.9 Å². The molecule has 0 unspecified atom stereocenters.